The van der Waals surface area contributed by atoms with Crippen molar-refractivity contribution >= 4 is 27.5 Å². The average Bonchev–Trinajstić information content (AvgIpc) is 2.91. The van der Waals surface area contributed by atoms with E-state index in [2.05, 4.69) is 40.5 Å². The number of benzene rings is 2. The monoisotopic (exact) mass is 563 g/mol. The second-order valence-electron chi connectivity index (χ2n) is 12.4. The molecule has 1 N–H and O–H groups in total. The summed E-state index contributed by atoms with van der Waals surface area (Å²) in [6, 6.07) is 6.05. The highest BCUT2D eigenvalue weighted by atomic mass is 19.1. The molecule has 41 heavy (non-hydrogen) atoms. The average molecular weight is 564 g/mol. The fourth-order valence-electron chi connectivity index (χ4n) is 6.09. The minimum absolute atomic E-state index is 0.00532. The number of hydrogen-bond donors (Lipinski definition) is 1. The number of pyridine rings is 1. The number of hydrogen-bond acceptors (Lipinski definition) is 7. The quantitative estimate of drug-likeness (QED) is 0.259. The molecule has 9 heteroatoms. The molecule has 1 aliphatic heterocycles. The molecule has 0 saturated carbocycles. The third-order valence-corrected chi connectivity index (χ3v) is 7.70. The van der Waals surface area contributed by atoms with E-state index < -0.39 is 5.82 Å². The summed E-state index contributed by atoms with van der Waals surface area (Å²) in [4.78, 5) is 18.1. The number of aromatic nitrogens is 3. The number of phenolic OH excluding ortho intramolecular Hbond substituents is 1. The standard InChI is InChI=1S/C32H39F2N5O2/c1-7-22-25(33)11-10-20-13-21(40)14-23(26(20)22)28-27(34)29-24(15-35-28)30(39-12-8-9-19(2)16-39)37-31(36-29)41-18-32(3,4)17-38(5)6/h10-11,13-15,19,40H,7-9,12,16-18H2,1-6H3. The maximum atomic E-state index is 16.6. The number of aromatic hydroxyl groups is 1. The van der Waals surface area contributed by atoms with Crippen LogP contribution in [0.25, 0.3) is 32.9 Å². The van der Waals surface area contributed by atoms with Crippen molar-refractivity contribution in [2.75, 3.05) is 45.2 Å². The molecule has 218 valence electrons. The molecule has 1 unspecified atom stereocenters. The van der Waals surface area contributed by atoms with Crippen LogP contribution in [0.4, 0.5) is 14.6 Å². The number of piperidine rings is 1. The second kappa shape index (κ2) is 11.4. The molecule has 5 rings (SSSR count). The first-order valence-electron chi connectivity index (χ1n) is 14.3. The molecular formula is C32H39F2N5O2. The van der Waals surface area contributed by atoms with Crippen molar-refractivity contribution in [3.05, 3.63) is 47.7 Å². The largest absolute Gasteiger partial charge is 0.508 e. The van der Waals surface area contributed by atoms with Gasteiger partial charge in [-0.05, 0) is 73.8 Å². The fraction of sp³-hybridized carbons (Fsp3) is 0.469. The van der Waals surface area contributed by atoms with E-state index in [4.69, 9.17) is 9.72 Å². The predicted molar refractivity (Wildman–Crippen MR) is 160 cm³/mol. The number of nitrogens with zero attached hydrogens (tertiary/aromatic N) is 5. The van der Waals surface area contributed by atoms with E-state index in [1.54, 1.807) is 18.3 Å². The minimum Gasteiger partial charge on any atom is -0.508 e. The first-order chi connectivity index (χ1) is 19.5. The Hall–Kier alpha value is -3.59. The molecule has 0 aliphatic carbocycles. The van der Waals surface area contributed by atoms with Crippen LogP contribution in [0.5, 0.6) is 11.8 Å². The predicted octanol–water partition coefficient (Wildman–Crippen LogP) is 6.59. The van der Waals surface area contributed by atoms with E-state index >= 15 is 4.39 Å². The van der Waals surface area contributed by atoms with Gasteiger partial charge in [-0.3, -0.25) is 4.98 Å². The van der Waals surface area contributed by atoms with Crippen LogP contribution in [0.2, 0.25) is 0 Å². The normalized spacial score (nSPS) is 16.2. The van der Waals surface area contributed by atoms with Gasteiger partial charge in [0.1, 0.15) is 28.6 Å². The zero-order valence-electron chi connectivity index (χ0n) is 24.8. The van der Waals surface area contributed by atoms with E-state index in [1.807, 2.05) is 21.0 Å². The summed E-state index contributed by atoms with van der Waals surface area (Å²) < 4.78 is 37.6. The molecule has 2 aromatic heterocycles. The first kappa shape index (κ1) is 28.9. The zero-order valence-corrected chi connectivity index (χ0v) is 24.8. The molecule has 0 bridgehead atoms. The van der Waals surface area contributed by atoms with Gasteiger partial charge in [0.15, 0.2) is 5.82 Å². The SMILES string of the molecule is CCc1c(F)ccc2cc(O)cc(-c3ncc4c(N5CCCC(C)C5)nc(OCC(C)(C)CN(C)C)nc4c3F)c12. The molecule has 0 spiro atoms. The molecule has 1 aliphatic rings. The lowest BCUT2D eigenvalue weighted by Gasteiger charge is -2.33. The van der Waals surface area contributed by atoms with Gasteiger partial charge in [-0.25, -0.2) is 8.78 Å². The van der Waals surface area contributed by atoms with Gasteiger partial charge < -0.3 is 19.6 Å². The molecule has 7 nitrogen and oxygen atoms in total. The number of ether oxygens (including phenoxy) is 1. The summed E-state index contributed by atoms with van der Waals surface area (Å²) >= 11 is 0. The molecule has 1 atom stereocenters. The number of anilines is 1. The third-order valence-electron chi connectivity index (χ3n) is 7.70. The van der Waals surface area contributed by atoms with Crippen LogP contribution < -0.4 is 9.64 Å². The Morgan fingerprint density at radius 2 is 1.95 bits per heavy atom. The minimum atomic E-state index is -0.660. The molecule has 0 radical (unpaired) electrons. The molecular weight excluding hydrogens is 524 g/mol. The highest BCUT2D eigenvalue weighted by Gasteiger charge is 2.27. The van der Waals surface area contributed by atoms with E-state index in [9.17, 15) is 9.50 Å². The van der Waals surface area contributed by atoms with Crippen LogP contribution in [-0.2, 0) is 6.42 Å². The number of aryl methyl sites for hydroxylation is 1. The van der Waals surface area contributed by atoms with Crippen molar-refractivity contribution in [3.63, 3.8) is 0 Å². The Morgan fingerprint density at radius 3 is 2.66 bits per heavy atom. The highest BCUT2D eigenvalue weighted by molar-refractivity contribution is 6.01. The van der Waals surface area contributed by atoms with Crippen molar-refractivity contribution in [3.8, 4) is 23.0 Å². The summed E-state index contributed by atoms with van der Waals surface area (Å²) in [5.74, 6) is -0.0312. The maximum absolute atomic E-state index is 16.6. The second-order valence-corrected chi connectivity index (χ2v) is 12.4. The van der Waals surface area contributed by atoms with Crippen molar-refractivity contribution in [1.29, 1.82) is 0 Å². The Morgan fingerprint density at radius 1 is 1.17 bits per heavy atom. The molecule has 0 amide bonds. The van der Waals surface area contributed by atoms with Gasteiger partial charge in [-0.15, -0.1) is 0 Å². The van der Waals surface area contributed by atoms with Gasteiger partial charge in [-0.1, -0.05) is 33.8 Å². The first-order valence-corrected chi connectivity index (χ1v) is 14.3. The van der Waals surface area contributed by atoms with Gasteiger partial charge in [0.2, 0.25) is 0 Å². The van der Waals surface area contributed by atoms with Crippen LogP contribution in [0.1, 0.15) is 46.1 Å². The Labute approximate surface area is 240 Å². The van der Waals surface area contributed by atoms with Crippen LogP contribution >= 0.6 is 0 Å². The lowest BCUT2D eigenvalue weighted by atomic mass is 9.94. The number of fused-ring (bicyclic) bond motifs is 2. The topological polar surface area (TPSA) is 74.6 Å². The molecule has 3 heterocycles. The molecule has 2 aromatic carbocycles. The fourth-order valence-corrected chi connectivity index (χ4v) is 6.09. The Balaban J connectivity index is 1.70. The summed E-state index contributed by atoms with van der Waals surface area (Å²) in [5.41, 5.74) is 0.651. The van der Waals surface area contributed by atoms with Gasteiger partial charge in [-0.2, -0.15) is 9.97 Å². The number of phenols is 1. The molecule has 4 aromatic rings. The third kappa shape index (κ3) is 5.91. The van der Waals surface area contributed by atoms with Crippen molar-refractivity contribution in [1.82, 2.24) is 19.9 Å². The van der Waals surface area contributed by atoms with Crippen LogP contribution in [-0.4, -0.2) is 65.3 Å². The van der Waals surface area contributed by atoms with E-state index in [0.29, 0.717) is 52.0 Å². The van der Waals surface area contributed by atoms with Crippen LogP contribution in [0.15, 0.2) is 30.5 Å². The maximum Gasteiger partial charge on any atom is 0.319 e. The summed E-state index contributed by atoms with van der Waals surface area (Å²) in [6.45, 7) is 11.0. The number of halogens is 2. The summed E-state index contributed by atoms with van der Waals surface area (Å²) in [6.07, 6.45) is 4.12. The lowest BCUT2D eigenvalue weighted by Crippen LogP contribution is -2.35. The van der Waals surface area contributed by atoms with Gasteiger partial charge >= 0.3 is 6.01 Å². The smallest absolute Gasteiger partial charge is 0.319 e. The number of rotatable bonds is 8. The van der Waals surface area contributed by atoms with Gasteiger partial charge in [0.05, 0.1) is 12.0 Å². The van der Waals surface area contributed by atoms with Gasteiger partial charge in [0, 0.05) is 36.8 Å². The van der Waals surface area contributed by atoms with Crippen LogP contribution in [0.3, 0.4) is 0 Å². The zero-order chi connectivity index (χ0) is 29.5. The van der Waals surface area contributed by atoms with Crippen molar-refractivity contribution < 1.29 is 18.6 Å². The van der Waals surface area contributed by atoms with Crippen LogP contribution in [0, 0.1) is 23.0 Å². The molecule has 1 saturated heterocycles. The Bertz CT molecular complexity index is 1590. The molecule has 1 fully saturated rings. The summed E-state index contributed by atoms with van der Waals surface area (Å²) in [5, 5.41) is 12.1. The van der Waals surface area contributed by atoms with E-state index in [-0.39, 0.29) is 34.2 Å². The van der Waals surface area contributed by atoms with Crippen molar-refractivity contribution in [2.24, 2.45) is 11.3 Å². The van der Waals surface area contributed by atoms with E-state index in [0.717, 1.165) is 32.5 Å². The van der Waals surface area contributed by atoms with Crippen molar-refractivity contribution in [2.45, 2.75) is 47.0 Å². The summed E-state index contributed by atoms with van der Waals surface area (Å²) in [7, 11) is 4.02. The van der Waals surface area contributed by atoms with E-state index in [1.165, 1.54) is 12.1 Å². The Kier molecular flexibility index (Phi) is 8.01. The lowest BCUT2D eigenvalue weighted by molar-refractivity contribution is 0.133. The highest BCUT2D eigenvalue weighted by Crippen LogP contribution is 2.39. The van der Waals surface area contributed by atoms with Gasteiger partial charge in [0.25, 0.3) is 0 Å².